The smallest absolute Gasteiger partial charge is 0.256 e. The van der Waals surface area contributed by atoms with Gasteiger partial charge in [0, 0.05) is 28.9 Å². The molecule has 5 nitrogen and oxygen atoms in total. The molecule has 1 heterocycles. The van der Waals surface area contributed by atoms with Gasteiger partial charge >= 0.3 is 0 Å². The minimum absolute atomic E-state index is 0.0475. The Morgan fingerprint density at radius 1 is 0.900 bits per heavy atom. The van der Waals surface area contributed by atoms with Gasteiger partial charge in [0.2, 0.25) is 0 Å². The summed E-state index contributed by atoms with van der Waals surface area (Å²) < 4.78 is 0. The van der Waals surface area contributed by atoms with E-state index < -0.39 is 0 Å². The molecule has 0 aliphatic carbocycles. The second-order valence-corrected chi connectivity index (χ2v) is 8.46. The van der Waals surface area contributed by atoms with Crippen molar-refractivity contribution in [3.05, 3.63) is 94.1 Å². The molecule has 0 fully saturated rings. The second-order valence-electron chi connectivity index (χ2n) is 8.02. The summed E-state index contributed by atoms with van der Waals surface area (Å²) in [4.78, 5) is 28.8. The van der Waals surface area contributed by atoms with Crippen LogP contribution in [0.3, 0.4) is 0 Å². The molecule has 0 saturated heterocycles. The molecular formula is C24H24ClN3O2. The van der Waals surface area contributed by atoms with Crippen LogP contribution in [0, 0.1) is 0 Å². The Morgan fingerprint density at radius 2 is 1.50 bits per heavy atom. The molecule has 0 unspecified atom stereocenters. The molecular weight excluding hydrogens is 398 g/mol. The number of anilines is 1. The van der Waals surface area contributed by atoms with E-state index in [4.69, 9.17) is 11.6 Å². The van der Waals surface area contributed by atoms with E-state index >= 15 is 0 Å². The number of aromatic nitrogens is 1. The lowest BCUT2D eigenvalue weighted by molar-refractivity contribution is 0.0949. The van der Waals surface area contributed by atoms with E-state index in [9.17, 15) is 9.59 Å². The van der Waals surface area contributed by atoms with Crippen molar-refractivity contribution in [3.8, 4) is 0 Å². The first-order valence-electron chi connectivity index (χ1n) is 9.63. The molecule has 0 bridgehead atoms. The standard InChI is InChI=1S/C24H24ClN3O2/c1-24(2,3)19-10-8-17(9-11-19)22(29)27-15-16-4-6-18(7-5-16)23(30)28-21-14-20(25)12-13-26-21/h4-14H,15H2,1-3H3,(H,27,29)(H,26,28,30). The Hall–Kier alpha value is -3.18. The van der Waals surface area contributed by atoms with Gasteiger partial charge in [-0.25, -0.2) is 4.98 Å². The minimum Gasteiger partial charge on any atom is -0.348 e. The zero-order valence-electron chi connectivity index (χ0n) is 17.2. The van der Waals surface area contributed by atoms with Gasteiger partial charge in [0.05, 0.1) is 0 Å². The average Bonchev–Trinajstić information content (AvgIpc) is 2.72. The molecule has 6 heteroatoms. The summed E-state index contributed by atoms with van der Waals surface area (Å²) >= 11 is 5.90. The largest absolute Gasteiger partial charge is 0.348 e. The van der Waals surface area contributed by atoms with E-state index in [1.807, 2.05) is 36.4 Å². The molecule has 30 heavy (non-hydrogen) atoms. The van der Waals surface area contributed by atoms with Gasteiger partial charge in [-0.3, -0.25) is 9.59 Å². The normalized spacial score (nSPS) is 11.1. The molecule has 0 atom stereocenters. The summed E-state index contributed by atoms with van der Waals surface area (Å²) in [5, 5.41) is 6.10. The van der Waals surface area contributed by atoms with Crippen molar-refractivity contribution in [2.45, 2.75) is 32.7 Å². The third-order valence-electron chi connectivity index (χ3n) is 4.65. The summed E-state index contributed by atoms with van der Waals surface area (Å²) in [6, 6.07) is 17.9. The Bertz CT molecular complexity index is 1040. The molecule has 0 radical (unpaired) electrons. The van der Waals surface area contributed by atoms with Crippen molar-refractivity contribution in [3.63, 3.8) is 0 Å². The van der Waals surface area contributed by atoms with Crippen molar-refractivity contribution >= 4 is 29.2 Å². The molecule has 154 valence electrons. The van der Waals surface area contributed by atoms with Gasteiger partial charge in [0.15, 0.2) is 0 Å². The molecule has 2 aromatic carbocycles. The van der Waals surface area contributed by atoms with Crippen LogP contribution in [-0.4, -0.2) is 16.8 Å². The van der Waals surface area contributed by atoms with E-state index in [1.54, 1.807) is 24.3 Å². The van der Waals surface area contributed by atoms with Crippen LogP contribution >= 0.6 is 11.6 Å². The van der Waals surface area contributed by atoms with Crippen LogP contribution in [0.15, 0.2) is 66.9 Å². The van der Waals surface area contributed by atoms with E-state index in [2.05, 4.69) is 36.4 Å². The fourth-order valence-corrected chi connectivity index (χ4v) is 3.00. The second kappa shape index (κ2) is 9.09. The predicted octanol–water partition coefficient (Wildman–Crippen LogP) is 5.21. The zero-order chi connectivity index (χ0) is 21.7. The molecule has 0 spiro atoms. The summed E-state index contributed by atoms with van der Waals surface area (Å²) in [6.45, 7) is 6.78. The van der Waals surface area contributed by atoms with Gasteiger partial charge in [-0.05, 0) is 52.9 Å². The Labute approximate surface area is 181 Å². The minimum atomic E-state index is -0.278. The number of pyridine rings is 1. The van der Waals surface area contributed by atoms with Gasteiger partial charge in [-0.2, -0.15) is 0 Å². The van der Waals surface area contributed by atoms with Crippen LogP contribution in [0.1, 0.15) is 52.6 Å². The highest BCUT2D eigenvalue weighted by molar-refractivity contribution is 6.30. The van der Waals surface area contributed by atoms with Crippen LogP contribution in [0.25, 0.3) is 0 Å². The van der Waals surface area contributed by atoms with Crippen LogP contribution in [-0.2, 0) is 12.0 Å². The summed E-state index contributed by atoms with van der Waals surface area (Å²) in [6.07, 6.45) is 1.53. The van der Waals surface area contributed by atoms with Gasteiger partial charge in [0.1, 0.15) is 5.82 Å². The number of hydrogen-bond donors (Lipinski definition) is 2. The van der Waals surface area contributed by atoms with E-state index in [0.29, 0.717) is 28.5 Å². The fourth-order valence-electron chi connectivity index (χ4n) is 2.84. The number of benzene rings is 2. The maximum Gasteiger partial charge on any atom is 0.256 e. The summed E-state index contributed by atoms with van der Waals surface area (Å²) in [5.74, 6) is -0.0232. The number of hydrogen-bond acceptors (Lipinski definition) is 3. The van der Waals surface area contributed by atoms with E-state index in [-0.39, 0.29) is 17.2 Å². The van der Waals surface area contributed by atoms with E-state index in [0.717, 1.165) is 5.56 Å². The van der Waals surface area contributed by atoms with Gasteiger partial charge in [0.25, 0.3) is 11.8 Å². The van der Waals surface area contributed by atoms with Crippen molar-refractivity contribution in [1.29, 1.82) is 0 Å². The van der Waals surface area contributed by atoms with Crippen LogP contribution in [0.4, 0.5) is 5.82 Å². The lowest BCUT2D eigenvalue weighted by atomic mass is 9.87. The number of halogens is 1. The third-order valence-corrected chi connectivity index (χ3v) is 4.88. The van der Waals surface area contributed by atoms with Gasteiger partial charge < -0.3 is 10.6 Å². The van der Waals surface area contributed by atoms with Crippen molar-refractivity contribution in [2.24, 2.45) is 0 Å². The number of carbonyl (C=O) groups excluding carboxylic acids is 2. The van der Waals surface area contributed by atoms with Gasteiger partial charge in [-0.15, -0.1) is 0 Å². The molecule has 0 saturated carbocycles. The lowest BCUT2D eigenvalue weighted by Crippen LogP contribution is -2.23. The Kier molecular flexibility index (Phi) is 6.53. The van der Waals surface area contributed by atoms with Crippen LogP contribution in [0.5, 0.6) is 0 Å². The number of rotatable bonds is 5. The van der Waals surface area contributed by atoms with E-state index in [1.165, 1.54) is 11.8 Å². The van der Waals surface area contributed by atoms with Crippen molar-refractivity contribution < 1.29 is 9.59 Å². The van der Waals surface area contributed by atoms with Crippen molar-refractivity contribution in [1.82, 2.24) is 10.3 Å². The molecule has 3 rings (SSSR count). The molecule has 2 N–H and O–H groups in total. The molecule has 0 aliphatic heterocycles. The third kappa shape index (κ3) is 5.67. The average molecular weight is 422 g/mol. The maximum absolute atomic E-state index is 12.4. The Balaban J connectivity index is 1.56. The quantitative estimate of drug-likeness (QED) is 0.593. The van der Waals surface area contributed by atoms with Gasteiger partial charge in [-0.1, -0.05) is 56.6 Å². The first kappa shape index (κ1) is 21.5. The first-order chi connectivity index (χ1) is 14.2. The highest BCUT2D eigenvalue weighted by Gasteiger charge is 2.14. The number of carbonyl (C=O) groups is 2. The molecule has 1 aromatic heterocycles. The highest BCUT2D eigenvalue weighted by atomic mass is 35.5. The highest BCUT2D eigenvalue weighted by Crippen LogP contribution is 2.22. The predicted molar refractivity (Wildman–Crippen MR) is 120 cm³/mol. The summed E-state index contributed by atoms with van der Waals surface area (Å²) in [5.41, 5.74) is 3.23. The zero-order valence-corrected chi connectivity index (χ0v) is 18.0. The maximum atomic E-state index is 12.4. The number of nitrogens with one attached hydrogen (secondary N) is 2. The first-order valence-corrected chi connectivity index (χ1v) is 10.0. The SMILES string of the molecule is CC(C)(C)c1ccc(C(=O)NCc2ccc(C(=O)Nc3cc(Cl)ccn3)cc2)cc1. The lowest BCUT2D eigenvalue weighted by Gasteiger charge is -2.19. The summed E-state index contributed by atoms with van der Waals surface area (Å²) in [7, 11) is 0. The van der Waals surface area contributed by atoms with Crippen molar-refractivity contribution in [2.75, 3.05) is 5.32 Å². The van der Waals surface area contributed by atoms with Crippen LogP contribution in [0.2, 0.25) is 5.02 Å². The number of amides is 2. The topological polar surface area (TPSA) is 71.1 Å². The number of nitrogens with zero attached hydrogens (tertiary/aromatic N) is 1. The molecule has 3 aromatic rings. The fraction of sp³-hybridized carbons (Fsp3) is 0.208. The van der Waals surface area contributed by atoms with Crippen LogP contribution < -0.4 is 10.6 Å². The monoisotopic (exact) mass is 421 g/mol. The molecule has 0 aliphatic rings. The molecule has 2 amide bonds. The Morgan fingerprint density at radius 3 is 2.10 bits per heavy atom.